The summed E-state index contributed by atoms with van der Waals surface area (Å²) in [5, 5.41) is 1.46. The zero-order valence-electron chi connectivity index (χ0n) is 8.02. The van der Waals surface area contributed by atoms with Crippen LogP contribution in [0.5, 0.6) is 0 Å². The molecule has 1 aliphatic rings. The first-order valence-corrected chi connectivity index (χ1v) is 5.92. The van der Waals surface area contributed by atoms with Gasteiger partial charge < -0.3 is 11.1 Å². The number of carbonyl (C=O) groups excluding carboxylic acids is 1. The second-order valence-electron chi connectivity index (χ2n) is 3.43. The third-order valence-electron chi connectivity index (χ3n) is 2.40. The third-order valence-corrected chi connectivity index (χ3v) is 4.52. The van der Waals surface area contributed by atoms with Crippen LogP contribution in [0, 0.1) is 0 Å². The summed E-state index contributed by atoms with van der Waals surface area (Å²) in [6.45, 7) is 1.37. The lowest BCUT2D eigenvalue weighted by Crippen LogP contribution is -2.37. The Bertz CT molecular complexity index is 536. The van der Waals surface area contributed by atoms with E-state index in [1.165, 1.54) is 25.1 Å². The van der Waals surface area contributed by atoms with Gasteiger partial charge in [0, 0.05) is 5.69 Å². The molecule has 0 saturated heterocycles. The van der Waals surface area contributed by atoms with Crippen LogP contribution in [0.3, 0.4) is 0 Å². The van der Waals surface area contributed by atoms with Gasteiger partial charge in [-0.15, -0.1) is 0 Å². The molecule has 1 aromatic carbocycles. The molecular formula is C9H10N2O3S. The van der Waals surface area contributed by atoms with Gasteiger partial charge in [0.25, 0.3) is 0 Å². The molecule has 1 aliphatic heterocycles. The minimum atomic E-state index is -3.55. The molecule has 1 heterocycles. The second kappa shape index (κ2) is 2.96. The van der Waals surface area contributed by atoms with Crippen LogP contribution in [-0.2, 0) is 14.6 Å². The minimum absolute atomic E-state index is 0.129. The zero-order chi connectivity index (χ0) is 11.2. The van der Waals surface area contributed by atoms with Gasteiger partial charge in [0.1, 0.15) is 5.25 Å². The first kappa shape index (κ1) is 9.97. The van der Waals surface area contributed by atoms with E-state index in [2.05, 4.69) is 5.32 Å². The molecule has 1 unspecified atom stereocenters. The van der Waals surface area contributed by atoms with E-state index in [1.54, 1.807) is 0 Å². The molecule has 1 aromatic rings. The highest BCUT2D eigenvalue weighted by Gasteiger charge is 2.36. The van der Waals surface area contributed by atoms with E-state index in [9.17, 15) is 13.2 Å². The van der Waals surface area contributed by atoms with E-state index in [0.29, 0.717) is 5.69 Å². The smallest absolute Gasteiger partial charge is 0.242 e. The van der Waals surface area contributed by atoms with Crippen molar-refractivity contribution in [1.82, 2.24) is 0 Å². The molecule has 0 aromatic heterocycles. The molecule has 80 valence electrons. The molecule has 15 heavy (non-hydrogen) atoms. The summed E-state index contributed by atoms with van der Waals surface area (Å²) in [5.74, 6) is -0.520. The number of fused-ring (bicyclic) bond motifs is 1. The molecular weight excluding hydrogens is 216 g/mol. The predicted octanol–water partition coefficient (Wildman–Crippen LogP) is 0.383. The van der Waals surface area contributed by atoms with Crippen LogP contribution in [0.4, 0.5) is 11.4 Å². The van der Waals surface area contributed by atoms with Crippen molar-refractivity contribution in [1.29, 1.82) is 0 Å². The Kier molecular flexibility index (Phi) is 1.97. The maximum Gasteiger partial charge on any atom is 0.242 e. The first-order valence-electron chi connectivity index (χ1n) is 4.37. The largest absolute Gasteiger partial charge is 0.399 e. The Morgan fingerprint density at radius 3 is 2.73 bits per heavy atom. The summed E-state index contributed by atoms with van der Waals surface area (Å²) >= 11 is 0. The number of nitrogen functional groups attached to an aromatic ring is 1. The van der Waals surface area contributed by atoms with Crippen LogP contribution in [0.2, 0.25) is 0 Å². The zero-order valence-corrected chi connectivity index (χ0v) is 8.84. The second-order valence-corrected chi connectivity index (χ2v) is 5.67. The van der Waals surface area contributed by atoms with Crippen molar-refractivity contribution in [3.05, 3.63) is 18.2 Å². The lowest BCUT2D eigenvalue weighted by Gasteiger charge is -2.22. The molecule has 2 rings (SSSR count). The Labute approximate surface area is 87.2 Å². The Balaban J connectivity index is 2.72. The van der Waals surface area contributed by atoms with Crippen LogP contribution in [0.25, 0.3) is 0 Å². The number of rotatable bonds is 0. The SMILES string of the molecule is CC1C(=O)Nc2cc(N)ccc2S1(=O)=O. The molecule has 5 nitrogen and oxygen atoms in total. The van der Waals surface area contributed by atoms with Crippen molar-refractivity contribution < 1.29 is 13.2 Å². The van der Waals surface area contributed by atoms with E-state index in [4.69, 9.17) is 5.73 Å². The van der Waals surface area contributed by atoms with Crippen molar-refractivity contribution in [2.75, 3.05) is 11.1 Å². The fourth-order valence-corrected chi connectivity index (χ4v) is 2.85. The number of benzene rings is 1. The van der Waals surface area contributed by atoms with E-state index >= 15 is 0 Å². The van der Waals surface area contributed by atoms with E-state index in [-0.39, 0.29) is 10.6 Å². The molecule has 0 spiro atoms. The van der Waals surface area contributed by atoms with Gasteiger partial charge in [-0.05, 0) is 25.1 Å². The molecule has 1 atom stereocenters. The Morgan fingerprint density at radius 1 is 1.40 bits per heavy atom. The molecule has 1 amide bonds. The monoisotopic (exact) mass is 226 g/mol. The van der Waals surface area contributed by atoms with Gasteiger partial charge in [-0.2, -0.15) is 0 Å². The number of sulfone groups is 1. The van der Waals surface area contributed by atoms with Gasteiger partial charge in [0.05, 0.1) is 10.6 Å². The molecule has 0 saturated carbocycles. The summed E-state index contributed by atoms with van der Waals surface area (Å²) in [5.41, 5.74) is 6.18. The van der Waals surface area contributed by atoms with Crippen LogP contribution >= 0.6 is 0 Å². The topological polar surface area (TPSA) is 89.3 Å². The number of amides is 1. The number of anilines is 2. The van der Waals surface area contributed by atoms with Gasteiger partial charge in [-0.25, -0.2) is 8.42 Å². The summed E-state index contributed by atoms with van der Waals surface area (Å²) in [6.07, 6.45) is 0. The van der Waals surface area contributed by atoms with Gasteiger partial charge in [0.2, 0.25) is 5.91 Å². The summed E-state index contributed by atoms with van der Waals surface area (Å²) < 4.78 is 23.6. The predicted molar refractivity (Wildman–Crippen MR) is 56.1 cm³/mol. The van der Waals surface area contributed by atoms with E-state index in [0.717, 1.165) is 0 Å². The number of hydrogen-bond acceptors (Lipinski definition) is 4. The fraction of sp³-hybridized carbons (Fsp3) is 0.222. The molecule has 0 aliphatic carbocycles. The van der Waals surface area contributed by atoms with Crippen LogP contribution in [-0.4, -0.2) is 19.6 Å². The average Bonchev–Trinajstić information content (AvgIpc) is 2.14. The van der Waals surface area contributed by atoms with Crippen molar-refractivity contribution in [3.63, 3.8) is 0 Å². The minimum Gasteiger partial charge on any atom is -0.399 e. The molecule has 6 heteroatoms. The van der Waals surface area contributed by atoms with Gasteiger partial charge in [-0.3, -0.25) is 4.79 Å². The van der Waals surface area contributed by atoms with Crippen LogP contribution in [0.15, 0.2) is 23.1 Å². The Morgan fingerprint density at radius 2 is 2.07 bits per heavy atom. The maximum atomic E-state index is 11.8. The van der Waals surface area contributed by atoms with Crippen molar-refractivity contribution >= 4 is 27.1 Å². The highest BCUT2D eigenvalue weighted by molar-refractivity contribution is 7.93. The van der Waals surface area contributed by atoms with Crippen molar-refractivity contribution in [2.24, 2.45) is 0 Å². The summed E-state index contributed by atoms with van der Waals surface area (Å²) in [6, 6.07) is 4.35. The molecule has 3 N–H and O–H groups in total. The number of hydrogen-bond donors (Lipinski definition) is 2. The van der Waals surface area contributed by atoms with Crippen molar-refractivity contribution in [2.45, 2.75) is 17.1 Å². The Hall–Kier alpha value is -1.56. The molecule has 0 bridgehead atoms. The van der Waals surface area contributed by atoms with Gasteiger partial charge in [0.15, 0.2) is 9.84 Å². The van der Waals surface area contributed by atoms with E-state index < -0.39 is 21.0 Å². The van der Waals surface area contributed by atoms with Crippen LogP contribution in [0.1, 0.15) is 6.92 Å². The van der Waals surface area contributed by atoms with Gasteiger partial charge in [-0.1, -0.05) is 0 Å². The molecule has 0 radical (unpaired) electrons. The highest BCUT2D eigenvalue weighted by Crippen LogP contribution is 2.31. The normalized spacial score (nSPS) is 23.0. The van der Waals surface area contributed by atoms with Crippen LogP contribution < -0.4 is 11.1 Å². The number of nitrogens with one attached hydrogen (secondary N) is 1. The average molecular weight is 226 g/mol. The maximum absolute atomic E-state index is 11.8. The number of carbonyl (C=O) groups is 1. The third kappa shape index (κ3) is 1.37. The summed E-state index contributed by atoms with van der Waals surface area (Å²) in [7, 11) is -3.55. The van der Waals surface area contributed by atoms with Crippen molar-refractivity contribution in [3.8, 4) is 0 Å². The quantitative estimate of drug-likeness (QED) is 0.626. The number of nitrogens with two attached hydrogens (primary N) is 1. The lowest BCUT2D eigenvalue weighted by molar-refractivity contribution is -0.115. The summed E-state index contributed by atoms with van der Waals surface area (Å²) in [4.78, 5) is 11.5. The fourth-order valence-electron chi connectivity index (χ4n) is 1.46. The van der Waals surface area contributed by atoms with E-state index in [1.807, 2.05) is 0 Å². The lowest BCUT2D eigenvalue weighted by atomic mass is 10.2. The van der Waals surface area contributed by atoms with Gasteiger partial charge >= 0.3 is 0 Å². The standard InChI is InChI=1S/C9H10N2O3S/c1-5-9(12)11-7-4-6(10)2-3-8(7)15(5,13)14/h2-5H,10H2,1H3,(H,11,12). The first-order chi connectivity index (χ1) is 6.93. The highest BCUT2D eigenvalue weighted by atomic mass is 32.2. The molecule has 0 fully saturated rings.